The second kappa shape index (κ2) is 7.25. The molecule has 0 saturated carbocycles. The van der Waals surface area contributed by atoms with Crippen molar-refractivity contribution >= 4 is 28.1 Å². The van der Waals surface area contributed by atoms with Crippen molar-refractivity contribution < 1.29 is 4.79 Å². The van der Waals surface area contributed by atoms with Gasteiger partial charge in [-0.2, -0.15) is 5.10 Å². The fourth-order valence-corrected chi connectivity index (χ4v) is 4.44. The van der Waals surface area contributed by atoms with Crippen molar-refractivity contribution in [1.82, 2.24) is 19.6 Å². The van der Waals surface area contributed by atoms with E-state index in [2.05, 4.69) is 28.4 Å². The van der Waals surface area contributed by atoms with Gasteiger partial charge >= 0.3 is 0 Å². The topological polar surface area (TPSA) is 58.4 Å². The molecule has 0 bridgehead atoms. The number of thiophene rings is 1. The normalized spacial score (nSPS) is 15.4. The highest BCUT2D eigenvalue weighted by Crippen LogP contribution is 2.19. The van der Waals surface area contributed by atoms with Gasteiger partial charge in [0.25, 0.3) is 5.91 Å². The summed E-state index contributed by atoms with van der Waals surface area (Å²) in [6.07, 6.45) is 0. The van der Waals surface area contributed by atoms with Crippen LogP contribution in [0.15, 0.2) is 40.5 Å². The molecule has 6 nitrogen and oxygen atoms in total. The number of carbonyl (C=O) groups excluding carboxylic acids is 1. The lowest BCUT2D eigenvalue weighted by atomic mass is 10.2. The number of aromatic nitrogens is 2. The Hall–Kier alpha value is -2.51. The van der Waals surface area contributed by atoms with Crippen LogP contribution in [-0.4, -0.2) is 51.7 Å². The summed E-state index contributed by atoms with van der Waals surface area (Å²) < 4.78 is 1.61. The number of rotatable bonds is 3. The van der Waals surface area contributed by atoms with Gasteiger partial charge in [-0.3, -0.25) is 19.2 Å². The molecular formula is C20H22N4O2S. The lowest BCUT2D eigenvalue weighted by Gasteiger charge is -2.34. The number of benzene rings is 1. The van der Waals surface area contributed by atoms with Gasteiger partial charge in [0.2, 0.25) is 5.43 Å². The maximum absolute atomic E-state index is 12.9. The molecule has 1 aliphatic heterocycles. The largest absolute Gasteiger partial charge is 0.335 e. The van der Waals surface area contributed by atoms with Crippen molar-refractivity contribution in [2.75, 3.05) is 26.2 Å². The number of nitrogens with zero attached hydrogens (tertiary/aromatic N) is 4. The molecule has 1 aliphatic rings. The van der Waals surface area contributed by atoms with Gasteiger partial charge in [-0.15, -0.1) is 11.3 Å². The molecule has 0 unspecified atom stereocenters. The van der Waals surface area contributed by atoms with Crippen LogP contribution in [0.1, 0.15) is 20.9 Å². The summed E-state index contributed by atoms with van der Waals surface area (Å²) in [4.78, 5) is 31.2. The molecule has 1 aromatic carbocycles. The van der Waals surface area contributed by atoms with E-state index in [1.165, 1.54) is 10.4 Å². The second-order valence-electron chi connectivity index (χ2n) is 6.91. The average molecular weight is 382 g/mol. The molecule has 3 aromatic rings. The van der Waals surface area contributed by atoms with Crippen molar-refractivity contribution in [2.45, 2.75) is 13.5 Å². The molecule has 0 atom stereocenters. The Morgan fingerprint density at radius 1 is 1.15 bits per heavy atom. The molecule has 1 saturated heterocycles. The van der Waals surface area contributed by atoms with Gasteiger partial charge in [0.1, 0.15) is 0 Å². The Bertz CT molecular complexity index is 1050. The highest BCUT2D eigenvalue weighted by molar-refractivity contribution is 7.10. The Morgan fingerprint density at radius 3 is 2.59 bits per heavy atom. The number of amides is 1. The standard InChI is InChI=1S/C20H22N4O2S/c1-14-7-12-27-17(14)13-23-8-10-24(11-9-23)20(26)18-19(25)15-5-3-4-6-16(15)22(2)21-18/h3-7,12H,8-11,13H2,1-2H3. The third kappa shape index (κ3) is 3.40. The second-order valence-corrected chi connectivity index (χ2v) is 7.91. The van der Waals surface area contributed by atoms with Crippen molar-refractivity contribution in [3.8, 4) is 0 Å². The van der Waals surface area contributed by atoms with Crippen molar-refractivity contribution in [1.29, 1.82) is 0 Å². The number of carbonyl (C=O) groups is 1. The maximum atomic E-state index is 12.9. The van der Waals surface area contributed by atoms with E-state index >= 15 is 0 Å². The van der Waals surface area contributed by atoms with Crippen molar-refractivity contribution in [3.63, 3.8) is 0 Å². The van der Waals surface area contributed by atoms with E-state index in [0.717, 1.165) is 25.2 Å². The Morgan fingerprint density at radius 2 is 1.89 bits per heavy atom. The molecule has 1 fully saturated rings. The lowest BCUT2D eigenvalue weighted by molar-refractivity contribution is 0.0620. The van der Waals surface area contributed by atoms with Crippen LogP contribution in [0, 0.1) is 6.92 Å². The van der Waals surface area contributed by atoms with E-state index in [1.54, 1.807) is 34.0 Å². The van der Waals surface area contributed by atoms with E-state index in [0.29, 0.717) is 18.5 Å². The van der Waals surface area contributed by atoms with Gasteiger partial charge in [0.05, 0.1) is 5.52 Å². The molecular weight excluding hydrogens is 360 g/mol. The van der Waals surface area contributed by atoms with Crippen LogP contribution >= 0.6 is 11.3 Å². The third-order valence-electron chi connectivity index (χ3n) is 5.16. The first-order valence-electron chi connectivity index (χ1n) is 9.05. The van der Waals surface area contributed by atoms with Crippen molar-refractivity contribution in [3.05, 3.63) is 62.1 Å². The molecule has 27 heavy (non-hydrogen) atoms. The van der Waals surface area contributed by atoms with Gasteiger partial charge in [-0.05, 0) is 36.1 Å². The predicted octanol–water partition coefficient (Wildman–Crippen LogP) is 2.26. The van der Waals surface area contributed by atoms with Crippen LogP contribution in [0.5, 0.6) is 0 Å². The molecule has 140 valence electrons. The minimum absolute atomic E-state index is 0.0127. The van der Waals surface area contributed by atoms with Gasteiger partial charge in [0, 0.05) is 50.0 Å². The number of piperazine rings is 1. The van der Waals surface area contributed by atoms with Crippen LogP contribution in [0.3, 0.4) is 0 Å². The fourth-order valence-electron chi connectivity index (χ4n) is 3.49. The summed E-state index contributed by atoms with van der Waals surface area (Å²) in [6.45, 7) is 5.88. The summed E-state index contributed by atoms with van der Waals surface area (Å²) >= 11 is 1.78. The molecule has 0 radical (unpaired) electrons. The molecule has 7 heteroatoms. The summed E-state index contributed by atoms with van der Waals surface area (Å²) in [5, 5.41) is 6.92. The zero-order valence-corrected chi connectivity index (χ0v) is 16.3. The molecule has 2 aromatic heterocycles. The number of hydrogen-bond acceptors (Lipinski definition) is 5. The van der Waals surface area contributed by atoms with E-state index < -0.39 is 0 Å². The number of aryl methyl sites for hydroxylation is 2. The zero-order valence-electron chi connectivity index (χ0n) is 15.5. The summed E-state index contributed by atoms with van der Waals surface area (Å²) in [6, 6.07) is 9.39. The van der Waals surface area contributed by atoms with Crippen LogP contribution in [0.4, 0.5) is 0 Å². The monoisotopic (exact) mass is 382 g/mol. The Labute approximate surface area is 161 Å². The first kappa shape index (κ1) is 17.9. The first-order valence-corrected chi connectivity index (χ1v) is 9.93. The average Bonchev–Trinajstić information content (AvgIpc) is 3.09. The van der Waals surface area contributed by atoms with E-state index in [1.807, 2.05) is 18.2 Å². The van der Waals surface area contributed by atoms with E-state index in [9.17, 15) is 9.59 Å². The van der Waals surface area contributed by atoms with Crippen LogP contribution in [-0.2, 0) is 13.6 Å². The molecule has 1 amide bonds. The Kier molecular flexibility index (Phi) is 4.80. The fraction of sp³-hybridized carbons (Fsp3) is 0.350. The highest BCUT2D eigenvalue weighted by atomic mass is 32.1. The van der Waals surface area contributed by atoms with Crippen molar-refractivity contribution in [2.24, 2.45) is 7.05 Å². The van der Waals surface area contributed by atoms with Crippen LogP contribution < -0.4 is 5.43 Å². The van der Waals surface area contributed by atoms with Gasteiger partial charge in [0.15, 0.2) is 5.69 Å². The van der Waals surface area contributed by atoms with Crippen LogP contribution in [0.25, 0.3) is 10.9 Å². The third-order valence-corrected chi connectivity index (χ3v) is 6.17. The minimum Gasteiger partial charge on any atom is -0.335 e. The number of fused-ring (bicyclic) bond motifs is 1. The summed E-state index contributed by atoms with van der Waals surface area (Å²) in [5.41, 5.74) is 1.78. The Balaban J connectivity index is 1.50. The molecule has 0 spiro atoms. The van der Waals surface area contributed by atoms with Gasteiger partial charge < -0.3 is 4.90 Å². The molecule has 0 aliphatic carbocycles. The van der Waals surface area contributed by atoms with E-state index in [-0.39, 0.29) is 17.0 Å². The smallest absolute Gasteiger partial charge is 0.278 e. The predicted molar refractivity (Wildman–Crippen MR) is 107 cm³/mol. The SMILES string of the molecule is Cc1ccsc1CN1CCN(C(=O)c2nn(C)c3ccccc3c2=O)CC1. The van der Waals surface area contributed by atoms with Gasteiger partial charge in [-0.1, -0.05) is 12.1 Å². The first-order chi connectivity index (χ1) is 13.0. The number of para-hydroxylation sites is 1. The molecule has 4 rings (SSSR count). The lowest BCUT2D eigenvalue weighted by Crippen LogP contribution is -2.49. The quantitative estimate of drug-likeness (QED) is 0.697. The van der Waals surface area contributed by atoms with E-state index in [4.69, 9.17) is 0 Å². The maximum Gasteiger partial charge on any atom is 0.278 e. The summed E-state index contributed by atoms with van der Waals surface area (Å²) in [5.74, 6) is -0.270. The van der Waals surface area contributed by atoms with Gasteiger partial charge in [-0.25, -0.2) is 0 Å². The number of hydrogen-bond donors (Lipinski definition) is 0. The van der Waals surface area contributed by atoms with Crippen LogP contribution in [0.2, 0.25) is 0 Å². The summed E-state index contributed by atoms with van der Waals surface area (Å²) in [7, 11) is 1.76. The molecule has 3 heterocycles. The highest BCUT2D eigenvalue weighted by Gasteiger charge is 2.26. The zero-order chi connectivity index (χ0) is 19.0. The molecule has 0 N–H and O–H groups in total. The minimum atomic E-state index is -0.287.